The second-order valence-electron chi connectivity index (χ2n) is 5.10. The maximum Gasteiger partial charge on any atom is 0.307 e. The van der Waals surface area contributed by atoms with Gasteiger partial charge in [-0.3, -0.25) is 9.59 Å². The number of ether oxygens (including phenoxy) is 1. The summed E-state index contributed by atoms with van der Waals surface area (Å²) in [6.45, 7) is 4.81. The highest BCUT2D eigenvalue weighted by Crippen LogP contribution is 2.06. The average molecular weight is 291 g/mol. The van der Waals surface area contributed by atoms with Crippen molar-refractivity contribution >= 4 is 11.9 Å². The molecule has 0 radical (unpaired) electrons. The van der Waals surface area contributed by atoms with Crippen molar-refractivity contribution in [2.45, 2.75) is 46.0 Å². The molecule has 1 aromatic rings. The fraction of sp³-hybridized carbons (Fsp3) is 0.529. The summed E-state index contributed by atoms with van der Waals surface area (Å²) >= 11 is 0. The Morgan fingerprint density at radius 3 is 2.62 bits per heavy atom. The molecular weight excluding hydrogens is 266 g/mol. The van der Waals surface area contributed by atoms with E-state index in [-0.39, 0.29) is 18.3 Å². The van der Waals surface area contributed by atoms with Crippen LogP contribution in [0.2, 0.25) is 0 Å². The summed E-state index contributed by atoms with van der Waals surface area (Å²) < 4.78 is 5.11. The van der Waals surface area contributed by atoms with E-state index in [0.717, 1.165) is 18.4 Å². The van der Waals surface area contributed by atoms with Crippen molar-refractivity contribution in [3.8, 4) is 0 Å². The van der Waals surface area contributed by atoms with E-state index in [1.165, 1.54) is 12.8 Å². The van der Waals surface area contributed by atoms with Gasteiger partial charge in [0, 0.05) is 12.1 Å². The number of hydrogen-bond acceptors (Lipinski definition) is 3. The summed E-state index contributed by atoms with van der Waals surface area (Å²) in [4.78, 5) is 23.4. The van der Waals surface area contributed by atoms with Crippen molar-refractivity contribution in [3.63, 3.8) is 0 Å². The van der Waals surface area contributed by atoms with E-state index in [4.69, 9.17) is 4.74 Å². The minimum absolute atomic E-state index is 0.149. The molecule has 0 saturated heterocycles. The molecule has 21 heavy (non-hydrogen) atoms. The van der Waals surface area contributed by atoms with Crippen molar-refractivity contribution in [2.24, 2.45) is 0 Å². The van der Waals surface area contributed by atoms with Crippen LogP contribution in [0.25, 0.3) is 0 Å². The molecule has 0 fully saturated rings. The number of carbonyl (C=O) groups is 2. The Labute approximate surface area is 126 Å². The van der Waals surface area contributed by atoms with Crippen molar-refractivity contribution in [1.29, 1.82) is 0 Å². The van der Waals surface area contributed by atoms with E-state index < -0.39 is 0 Å². The van der Waals surface area contributed by atoms with Gasteiger partial charge in [-0.2, -0.15) is 0 Å². The van der Waals surface area contributed by atoms with Gasteiger partial charge in [0.1, 0.15) is 0 Å². The van der Waals surface area contributed by atoms with Gasteiger partial charge in [-0.25, -0.2) is 0 Å². The van der Waals surface area contributed by atoms with E-state index in [1.54, 1.807) is 6.07 Å². The summed E-state index contributed by atoms with van der Waals surface area (Å²) in [6, 6.07) is 7.38. The quantitative estimate of drug-likeness (QED) is 0.561. The average Bonchev–Trinajstić information content (AvgIpc) is 2.47. The first-order valence-electron chi connectivity index (χ1n) is 7.64. The molecule has 1 rings (SSSR count). The van der Waals surface area contributed by atoms with Gasteiger partial charge < -0.3 is 10.1 Å². The number of esters is 1. The summed E-state index contributed by atoms with van der Waals surface area (Å²) in [5.41, 5.74) is 1.57. The molecule has 1 N–H and O–H groups in total. The number of carbonyl (C=O) groups excluding carboxylic acids is 2. The minimum atomic E-state index is -0.253. The van der Waals surface area contributed by atoms with Gasteiger partial charge in [-0.05, 0) is 25.0 Å². The van der Waals surface area contributed by atoms with Crippen molar-refractivity contribution < 1.29 is 14.3 Å². The number of aryl methyl sites for hydroxylation is 1. The second-order valence-corrected chi connectivity index (χ2v) is 5.10. The third-order valence-corrected chi connectivity index (χ3v) is 3.27. The van der Waals surface area contributed by atoms with Gasteiger partial charge in [-0.15, -0.1) is 0 Å². The number of nitrogens with one attached hydrogen (secondary N) is 1. The van der Waals surface area contributed by atoms with Crippen LogP contribution in [0, 0.1) is 6.92 Å². The molecule has 4 nitrogen and oxygen atoms in total. The molecule has 0 saturated carbocycles. The molecule has 0 aliphatic rings. The minimum Gasteiger partial charge on any atom is -0.466 e. The van der Waals surface area contributed by atoms with Crippen LogP contribution in [0.5, 0.6) is 0 Å². The van der Waals surface area contributed by atoms with Crippen LogP contribution in [-0.4, -0.2) is 25.0 Å². The Hall–Kier alpha value is -1.84. The van der Waals surface area contributed by atoms with E-state index in [2.05, 4.69) is 12.2 Å². The van der Waals surface area contributed by atoms with Crippen molar-refractivity contribution in [3.05, 3.63) is 35.4 Å². The molecule has 0 heterocycles. The maximum absolute atomic E-state index is 11.9. The highest BCUT2D eigenvalue weighted by molar-refractivity contribution is 5.95. The van der Waals surface area contributed by atoms with E-state index in [9.17, 15) is 9.59 Å². The topological polar surface area (TPSA) is 55.4 Å². The van der Waals surface area contributed by atoms with Crippen molar-refractivity contribution in [1.82, 2.24) is 5.32 Å². The Kier molecular flexibility index (Phi) is 8.17. The maximum atomic E-state index is 11.9. The van der Waals surface area contributed by atoms with Crippen LogP contribution >= 0.6 is 0 Å². The van der Waals surface area contributed by atoms with E-state index in [1.807, 2.05) is 25.1 Å². The van der Waals surface area contributed by atoms with Gasteiger partial charge in [-0.1, -0.05) is 44.4 Å². The fourth-order valence-electron chi connectivity index (χ4n) is 1.99. The standard InChI is InChI=1S/C17H25NO3/c1-3-4-5-8-13-21-16(19)11-12-18-17(20)15-10-7-6-9-14(15)2/h6-7,9-10H,3-5,8,11-13H2,1-2H3,(H,18,20). The second kappa shape index (κ2) is 9.97. The van der Waals surface area contributed by atoms with Crippen LogP contribution in [0.4, 0.5) is 0 Å². The number of hydrogen-bond donors (Lipinski definition) is 1. The van der Waals surface area contributed by atoms with Crippen LogP contribution < -0.4 is 5.32 Å². The van der Waals surface area contributed by atoms with E-state index in [0.29, 0.717) is 18.7 Å². The zero-order chi connectivity index (χ0) is 15.5. The number of rotatable bonds is 9. The summed E-state index contributed by atoms with van der Waals surface area (Å²) in [7, 11) is 0. The highest BCUT2D eigenvalue weighted by atomic mass is 16.5. The lowest BCUT2D eigenvalue weighted by atomic mass is 10.1. The number of amides is 1. The fourth-order valence-corrected chi connectivity index (χ4v) is 1.99. The molecular formula is C17H25NO3. The van der Waals surface area contributed by atoms with Gasteiger partial charge in [0.05, 0.1) is 13.0 Å². The Bertz CT molecular complexity index is 457. The first-order valence-corrected chi connectivity index (χ1v) is 7.64. The SMILES string of the molecule is CCCCCCOC(=O)CCNC(=O)c1ccccc1C. The summed E-state index contributed by atoms with van der Waals surface area (Å²) in [5, 5.41) is 2.74. The first-order chi connectivity index (χ1) is 10.1. The predicted octanol–water partition coefficient (Wildman–Crippen LogP) is 3.24. The van der Waals surface area contributed by atoms with Crippen molar-refractivity contribution in [2.75, 3.05) is 13.2 Å². The van der Waals surface area contributed by atoms with Gasteiger partial charge in [0.2, 0.25) is 0 Å². The molecule has 116 valence electrons. The predicted molar refractivity (Wildman–Crippen MR) is 83.2 cm³/mol. The monoisotopic (exact) mass is 291 g/mol. The summed E-state index contributed by atoms with van der Waals surface area (Å²) in [5.74, 6) is -0.402. The molecule has 0 atom stereocenters. The summed E-state index contributed by atoms with van der Waals surface area (Å²) in [6.07, 6.45) is 4.55. The van der Waals surface area contributed by atoms with E-state index >= 15 is 0 Å². The molecule has 0 aliphatic heterocycles. The smallest absolute Gasteiger partial charge is 0.307 e. The number of benzene rings is 1. The molecule has 4 heteroatoms. The molecule has 0 unspecified atom stereocenters. The zero-order valence-corrected chi connectivity index (χ0v) is 13.0. The van der Waals surface area contributed by atoms with Crippen LogP contribution in [0.15, 0.2) is 24.3 Å². The van der Waals surface area contributed by atoms with Crippen LogP contribution in [0.1, 0.15) is 54.9 Å². The van der Waals surface area contributed by atoms with Gasteiger partial charge in [0.15, 0.2) is 0 Å². The molecule has 1 amide bonds. The third kappa shape index (κ3) is 6.93. The highest BCUT2D eigenvalue weighted by Gasteiger charge is 2.09. The third-order valence-electron chi connectivity index (χ3n) is 3.27. The van der Waals surface area contributed by atoms with Gasteiger partial charge >= 0.3 is 5.97 Å². The lowest BCUT2D eigenvalue weighted by Crippen LogP contribution is -2.27. The molecule has 1 aromatic carbocycles. The Morgan fingerprint density at radius 2 is 1.90 bits per heavy atom. The Morgan fingerprint density at radius 1 is 1.14 bits per heavy atom. The molecule has 0 bridgehead atoms. The molecule has 0 spiro atoms. The van der Waals surface area contributed by atoms with Crippen LogP contribution in [0.3, 0.4) is 0 Å². The Balaban J connectivity index is 2.17. The lowest BCUT2D eigenvalue weighted by molar-refractivity contribution is -0.143. The molecule has 0 aromatic heterocycles. The van der Waals surface area contributed by atoms with Gasteiger partial charge in [0.25, 0.3) is 5.91 Å². The first kappa shape index (κ1) is 17.2. The van der Waals surface area contributed by atoms with Crippen LogP contribution in [-0.2, 0) is 9.53 Å². The number of unbranched alkanes of at least 4 members (excludes halogenated alkanes) is 3. The lowest BCUT2D eigenvalue weighted by Gasteiger charge is -2.08. The zero-order valence-electron chi connectivity index (χ0n) is 13.0. The normalized spacial score (nSPS) is 10.2. The largest absolute Gasteiger partial charge is 0.466 e. The molecule has 0 aliphatic carbocycles.